The van der Waals surface area contributed by atoms with Crippen molar-refractivity contribution in [3.8, 4) is 11.5 Å². The quantitative estimate of drug-likeness (QED) is 0.454. The molecule has 2 aromatic carbocycles. The Morgan fingerprint density at radius 2 is 1.58 bits per heavy atom. The van der Waals surface area contributed by atoms with Crippen LogP contribution in [-0.4, -0.2) is 13.2 Å². The molecule has 0 saturated heterocycles. The molecular weight excluding hydrogens is 322 g/mol. The molecule has 0 amide bonds. The van der Waals surface area contributed by atoms with E-state index in [1.54, 1.807) is 0 Å². The van der Waals surface area contributed by atoms with Crippen LogP contribution in [0.1, 0.15) is 52.0 Å². The number of anilines is 1. The van der Waals surface area contributed by atoms with E-state index in [4.69, 9.17) is 9.47 Å². The van der Waals surface area contributed by atoms with Gasteiger partial charge in [0.25, 0.3) is 0 Å². The minimum absolute atomic E-state index is 0.505. The second kappa shape index (κ2) is 11.5. The normalized spacial score (nSPS) is 10.8. The highest BCUT2D eigenvalue weighted by atomic mass is 16.5. The first-order valence-corrected chi connectivity index (χ1v) is 9.87. The SMILES string of the molecule is CCCCCCOc1ccccc1CNc1ccccc1OCC(C)C. The van der Waals surface area contributed by atoms with Crippen LogP contribution in [0.15, 0.2) is 48.5 Å². The van der Waals surface area contributed by atoms with E-state index in [1.807, 2.05) is 24.3 Å². The molecule has 26 heavy (non-hydrogen) atoms. The Bertz CT molecular complexity index is 640. The van der Waals surface area contributed by atoms with Crippen molar-refractivity contribution in [3.63, 3.8) is 0 Å². The van der Waals surface area contributed by atoms with E-state index in [0.717, 1.165) is 36.8 Å². The van der Waals surface area contributed by atoms with Crippen LogP contribution in [0.4, 0.5) is 5.69 Å². The van der Waals surface area contributed by atoms with Crippen molar-refractivity contribution in [2.24, 2.45) is 5.92 Å². The molecule has 1 N–H and O–H groups in total. The van der Waals surface area contributed by atoms with Crippen molar-refractivity contribution in [3.05, 3.63) is 54.1 Å². The fourth-order valence-electron chi connectivity index (χ4n) is 2.69. The maximum absolute atomic E-state index is 6.01. The zero-order chi connectivity index (χ0) is 18.6. The predicted molar refractivity (Wildman–Crippen MR) is 110 cm³/mol. The average molecular weight is 356 g/mol. The number of hydrogen-bond donors (Lipinski definition) is 1. The second-order valence-electron chi connectivity index (χ2n) is 7.07. The van der Waals surface area contributed by atoms with Gasteiger partial charge in [-0.05, 0) is 30.5 Å². The van der Waals surface area contributed by atoms with Crippen LogP contribution in [-0.2, 0) is 6.54 Å². The average Bonchev–Trinajstić information content (AvgIpc) is 2.66. The fraction of sp³-hybridized carbons (Fsp3) is 0.478. The summed E-state index contributed by atoms with van der Waals surface area (Å²) in [6.07, 6.45) is 4.87. The number of para-hydroxylation sites is 3. The Kier molecular flexibility index (Phi) is 8.88. The van der Waals surface area contributed by atoms with E-state index in [-0.39, 0.29) is 0 Å². The molecule has 3 heteroatoms. The first-order valence-electron chi connectivity index (χ1n) is 9.87. The van der Waals surface area contributed by atoms with Gasteiger partial charge in [-0.2, -0.15) is 0 Å². The molecule has 0 atom stereocenters. The van der Waals surface area contributed by atoms with E-state index >= 15 is 0 Å². The summed E-state index contributed by atoms with van der Waals surface area (Å²) in [5.41, 5.74) is 2.19. The minimum Gasteiger partial charge on any atom is -0.493 e. The summed E-state index contributed by atoms with van der Waals surface area (Å²) < 4.78 is 11.9. The molecule has 0 spiro atoms. The molecule has 142 valence electrons. The maximum Gasteiger partial charge on any atom is 0.142 e. The van der Waals surface area contributed by atoms with Gasteiger partial charge in [0, 0.05) is 12.1 Å². The summed E-state index contributed by atoms with van der Waals surface area (Å²) in [5.74, 6) is 2.38. The van der Waals surface area contributed by atoms with E-state index < -0.39 is 0 Å². The van der Waals surface area contributed by atoms with Crippen LogP contribution in [0.5, 0.6) is 11.5 Å². The van der Waals surface area contributed by atoms with Crippen LogP contribution in [0.2, 0.25) is 0 Å². The highest BCUT2D eigenvalue weighted by Crippen LogP contribution is 2.26. The molecule has 0 aliphatic rings. The van der Waals surface area contributed by atoms with Crippen molar-refractivity contribution < 1.29 is 9.47 Å². The van der Waals surface area contributed by atoms with Gasteiger partial charge in [-0.3, -0.25) is 0 Å². The van der Waals surface area contributed by atoms with E-state index in [1.165, 1.54) is 24.8 Å². The lowest BCUT2D eigenvalue weighted by Gasteiger charge is -2.16. The standard InChI is InChI=1S/C23H33NO2/c1-4-5-6-11-16-25-22-14-9-7-12-20(22)17-24-21-13-8-10-15-23(21)26-18-19(2)3/h7-10,12-15,19,24H,4-6,11,16-18H2,1-3H3. The molecule has 3 nitrogen and oxygen atoms in total. The number of rotatable bonds is 12. The minimum atomic E-state index is 0.505. The molecule has 0 fully saturated rings. The topological polar surface area (TPSA) is 30.5 Å². The number of ether oxygens (including phenoxy) is 2. The van der Waals surface area contributed by atoms with Gasteiger partial charge in [0.05, 0.1) is 18.9 Å². The molecule has 0 saturated carbocycles. The molecule has 0 unspecified atom stereocenters. The van der Waals surface area contributed by atoms with Gasteiger partial charge >= 0.3 is 0 Å². The highest BCUT2D eigenvalue weighted by Gasteiger charge is 2.07. The number of benzene rings is 2. The second-order valence-corrected chi connectivity index (χ2v) is 7.07. The lowest BCUT2D eigenvalue weighted by atomic mass is 10.2. The number of nitrogens with one attached hydrogen (secondary N) is 1. The predicted octanol–water partition coefficient (Wildman–Crippen LogP) is 6.29. The Hall–Kier alpha value is -2.16. The van der Waals surface area contributed by atoms with Crippen molar-refractivity contribution in [2.75, 3.05) is 18.5 Å². The first-order chi connectivity index (χ1) is 12.7. The zero-order valence-corrected chi connectivity index (χ0v) is 16.5. The van der Waals surface area contributed by atoms with Crippen LogP contribution in [0.3, 0.4) is 0 Å². The van der Waals surface area contributed by atoms with E-state index in [2.05, 4.69) is 50.4 Å². The third kappa shape index (κ3) is 6.99. The first kappa shape index (κ1) is 20.2. The molecule has 0 radical (unpaired) electrons. The largest absolute Gasteiger partial charge is 0.493 e. The van der Waals surface area contributed by atoms with Crippen LogP contribution in [0, 0.1) is 5.92 Å². The summed E-state index contributed by atoms with van der Waals surface area (Å²) in [5, 5.41) is 3.50. The molecule has 0 heterocycles. The third-order valence-corrected chi connectivity index (χ3v) is 4.16. The van der Waals surface area contributed by atoms with Gasteiger partial charge in [0.1, 0.15) is 11.5 Å². The summed E-state index contributed by atoms with van der Waals surface area (Å²) in [6.45, 7) is 8.76. The molecule has 2 rings (SSSR count). The number of hydrogen-bond acceptors (Lipinski definition) is 3. The smallest absolute Gasteiger partial charge is 0.142 e. The molecule has 0 aliphatic carbocycles. The molecule has 0 aromatic heterocycles. The highest BCUT2D eigenvalue weighted by molar-refractivity contribution is 5.56. The maximum atomic E-state index is 6.01. The lowest BCUT2D eigenvalue weighted by molar-refractivity contribution is 0.272. The van der Waals surface area contributed by atoms with E-state index in [0.29, 0.717) is 12.5 Å². The number of unbranched alkanes of at least 4 members (excludes halogenated alkanes) is 3. The summed E-state index contributed by atoms with van der Waals surface area (Å²) in [6, 6.07) is 16.4. The summed E-state index contributed by atoms with van der Waals surface area (Å²) >= 11 is 0. The summed E-state index contributed by atoms with van der Waals surface area (Å²) in [7, 11) is 0. The third-order valence-electron chi connectivity index (χ3n) is 4.16. The van der Waals surface area contributed by atoms with Crippen molar-refractivity contribution in [1.29, 1.82) is 0 Å². The van der Waals surface area contributed by atoms with Crippen molar-refractivity contribution in [1.82, 2.24) is 0 Å². The van der Waals surface area contributed by atoms with Gasteiger partial charge in [0.2, 0.25) is 0 Å². The van der Waals surface area contributed by atoms with Gasteiger partial charge in [-0.1, -0.05) is 70.4 Å². The molecule has 0 aliphatic heterocycles. The van der Waals surface area contributed by atoms with Crippen LogP contribution < -0.4 is 14.8 Å². The van der Waals surface area contributed by atoms with Gasteiger partial charge in [-0.15, -0.1) is 0 Å². The van der Waals surface area contributed by atoms with Crippen molar-refractivity contribution >= 4 is 5.69 Å². The molecule has 2 aromatic rings. The van der Waals surface area contributed by atoms with Gasteiger partial charge < -0.3 is 14.8 Å². The summed E-state index contributed by atoms with van der Waals surface area (Å²) in [4.78, 5) is 0. The fourth-order valence-corrected chi connectivity index (χ4v) is 2.69. The lowest BCUT2D eigenvalue weighted by Crippen LogP contribution is -2.08. The van der Waals surface area contributed by atoms with Gasteiger partial charge in [0.15, 0.2) is 0 Å². The monoisotopic (exact) mass is 355 g/mol. The van der Waals surface area contributed by atoms with E-state index in [9.17, 15) is 0 Å². The zero-order valence-electron chi connectivity index (χ0n) is 16.5. The Labute approximate surface area is 158 Å². The molecule has 0 bridgehead atoms. The Balaban J connectivity index is 1.93. The van der Waals surface area contributed by atoms with Crippen LogP contribution in [0.25, 0.3) is 0 Å². The Morgan fingerprint density at radius 3 is 2.35 bits per heavy atom. The molecular formula is C23H33NO2. The van der Waals surface area contributed by atoms with Crippen molar-refractivity contribution in [2.45, 2.75) is 53.0 Å². The Morgan fingerprint density at radius 1 is 0.846 bits per heavy atom. The van der Waals surface area contributed by atoms with Gasteiger partial charge in [-0.25, -0.2) is 0 Å². The van der Waals surface area contributed by atoms with Crippen LogP contribution >= 0.6 is 0 Å².